The second-order valence-electron chi connectivity index (χ2n) is 6.02. The van der Waals surface area contributed by atoms with Crippen molar-refractivity contribution in [1.82, 2.24) is 25.3 Å². The summed E-state index contributed by atoms with van der Waals surface area (Å²) in [5, 5.41) is 15.1. The molecule has 1 atom stereocenters. The molecule has 6 heteroatoms. The Morgan fingerprint density at radius 1 is 1.33 bits per heavy atom. The fourth-order valence-electron chi connectivity index (χ4n) is 2.67. The number of hydrogen-bond donors (Lipinski definition) is 2. The minimum atomic E-state index is 0.303. The van der Waals surface area contributed by atoms with E-state index < -0.39 is 0 Å². The van der Waals surface area contributed by atoms with Gasteiger partial charge in [0.05, 0.1) is 31.7 Å². The summed E-state index contributed by atoms with van der Waals surface area (Å²) in [6, 6.07) is 8.28. The Bertz CT molecular complexity index is 792. The van der Waals surface area contributed by atoms with E-state index in [4.69, 9.17) is 4.74 Å². The van der Waals surface area contributed by atoms with Crippen molar-refractivity contribution in [3.8, 4) is 17.0 Å². The predicted molar refractivity (Wildman–Crippen MR) is 93.8 cm³/mol. The average Bonchev–Trinajstić information content (AvgIpc) is 3.22. The number of H-pyrrole nitrogens is 1. The number of nitrogens with one attached hydrogen (secondary N) is 2. The van der Waals surface area contributed by atoms with Crippen molar-refractivity contribution in [2.45, 2.75) is 33.0 Å². The normalized spacial score (nSPS) is 12.3. The Labute approximate surface area is 141 Å². The maximum atomic E-state index is 5.30. The Hall–Kier alpha value is -2.60. The lowest BCUT2D eigenvalue weighted by atomic mass is 10.1. The quantitative estimate of drug-likeness (QED) is 0.701. The summed E-state index contributed by atoms with van der Waals surface area (Å²) >= 11 is 0. The lowest BCUT2D eigenvalue weighted by Crippen LogP contribution is -2.30. The molecule has 0 bridgehead atoms. The van der Waals surface area contributed by atoms with Gasteiger partial charge in [-0.1, -0.05) is 12.1 Å². The van der Waals surface area contributed by atoms with E-state index in [1.807, 2.05) is 42.2 Å². The molecule has 0 aliphatic heterocycles. The number of ether oxygens (including phenoxy) is 1. The maximum absolute atomic E-state index is 5.30. The highest BCUT2D eigenvalue weighted by Gasteiger charge is 2.10. The molecule has 0 aliphatic rings. The van der Waals surface area contributed by atoms with Crippen LogP contribution in [-0.2, 0) is 13.1 Å². The fourth-order valence-corrected chi connectivity index (χ4v) is 2.67. The molecule has 0 saturated carbocycles. The zero-order valence-corrected chi connectivity index (χ0v) is 14.3. The van der Waals surface area contributed by atoms with Crippen molar-refractivity contribution in [3.05, 3.63) is 54.0 Å². The van der Waals surface area contributed by atoms with E-state index in [0.29, 0.717) is 6.04 Å². The molecule has 0 radical (unpaired) electrons. The first-order valence-corrected chi connectivity index (χ1v) is 8.05. The second-order valence-corrected chi connectivity index (χ2v) is 6.02. The monoisotopic (exact) mass is 325 g/mol. The molecule has 0 saturated heterocycles. The van der Waals surface area contributed by atoms with Crippen LogP contribution in [0.3, 0.4) is 0 Å². The van der Waals surface area contributed by atoms with Gasteiger partial charge in [0.25, 0.3) is 0 Å². The van der Waals surface area contributed by atoms with Gasteiger partial charge in [-0.15, -0.1) is 0 Å². The van der Waals surface area contributed by atoms with E-state index in [-0.39, 0.29) is 0 Å². The summed E-state index contributed by atoms with van der Waals surface area (Å²) in [6.45, 7) is 5.78. The predicted octanol–water partition coefficient (Wildman–Crippen LogP) is 2.77. The van der Waals surface area contributed by atoms with E-state index >= 15 is 0 Å². The highest BCUT2D eigenvalue weighted by Crippen LogP contribution is 2.24. The molecule has 24 heavy (non-hydrogen) atoms. The summed E-state index contributed by atoms with van der Waals surface area (Å²) in [7, 11) is 1.67. The fraction of sp³-hybridized carbons (Fsp3) is 0.333. The van der Waals surface area contributed by atoms with Gasteiger partial charge in [0.15, 0.2) is 0 Å². The van der Waals surface area contributed by atoms with Crippen LogP contribution in [0.1, 0.15) is 18.1 Å². The van der Waals surface area contributed by atoms with Gasteiger partial charge in [-0.05, 0) is 31.5 Å². The molecule has 2 heterocycles. The first kappa shape index (κ1) is 16.3. The summed E-state index contributed by atoms with van der Waals surface area (Å²) in [5.41, 5.74) is 4.40. The number of aromatic nitrogens is 4. The molecule has 0 fully saturated rings. The van der Waals surface area contributed by atoms with Gasteiger partial charge in [0, 0.05) is 29.9 Å². The SMILES string of the molecule is COc1cccc(-c2[nH]ncc2CN[C@@H](C)Cn2cc(C)cn2)c1. The molecular formula is C18H23N5O. The average molecular weight is 325 g/mol. The summed E-state index contributed by atoms with van der Waals surface area (Å²) in [6.07, 6.45) is 5.80. The third kappa shape index (κ3) is 3.83. The standard InChI is InChI=1S/C18H23N5O/c1-13-8-21-23(11-13)12-14(2)19-9-16-10-20-22-18(16)15-5-4-6-17(7-15)24-3/h4-8,10-11,14,19H,9,12H2,1-3H3,(H,20,22)/t14-/m0/s1. The van der Waals surface area contributed by atoms with E-state index in [9.17, 15) is 0 Å². The van der Waals surface area contributed by atoms with Gasteiger partial charge in [-0.25, -0.2) is 0 Å². The second kappa shape index (κ2) is 7.31. The zero-order valence-electron chi connectivity index (χ0n) is 14.3. The largest absolute Gasteiger partial charge is 0.497 e. The Balaban J connectivity index is 1.65. The van der Waals surface area contributed by atoms with Gasteiger partial charge in [0.2, 0.25) is 0 Å². The number of methoxy groups -OCH3 is 1. The summed E-state index contributed by atoms with van der Waals surface area (Å²) in [5.74, 6) is 0.837. The lowest BCUT2D eigenvalue weighted by molar-refractivity contribution is 0.415. The number of benzene rings is 1. The van der Waals surface area contributed by atoms with Gasteiger partial charge >= 0.3 is 0 Å². The summed E-state index contributed by atoms with van der Waals surface area (Å²) in [4.78, 5) is 0. The van der Waals surface area contributed by atoms with Crippen LogP contribution in [0.5, 0.6) is 5.75 Å². The molecule has 0 aliphatic carbocycles. The van der Waals surface area contributed by atoms with Crippen molar-refractivity contribution in [1.29, 1.82) is 0 Å². The molecule has 0 amide bonds. The minimum Gasteiger partial charge on any atom is -0.497 e. The molecule has 0 spiro atoms. The Morgan fingerprint density at radius 3 is 2.96 bits per heavy atom. The zero-order chi connectivity index (χ0) is 16.9. The molecular weight excluding hydrogens is 302 g/mol. The lowest BCUT2D eigenvalue weighted by Gasteiger charge is -2.14. The van der Waals surface area contributed by atoms with Crippen LogP contribution >= 0.6 is 0 Å². The van der Waals surface area contributed by atoms with Crippen LogP contribution in [-0.4, -0.2) is 33.1 Å². The van der Waals surface area contributed by atoms with Gasteiger partial charge in [-0.2, -0.15) is 10.2 Å². The van der Waals surface area contributed by atoms with Crippen LogP contribution in [0.15, 0.2) is 42.9 Å². The topological polar surface area (TPSA) is 67.8 Å². The Morgan fingerprint density at radius 2 is 2.21 bits per heavy atom. The highest BCUT2D eigenvalue weighted by atomic mass is 16.5. The molecule has 2 aromatic heterocycles. The first-order chi connectivity index (χ1) is 11.7. The highest BCUT2D eigenvalue weighted by molar-refractivity contribution is 5.64. The number of aromatic amines is 1. The van der Waals surface area contributed by atoms with Crippen molar-refractivity contribution >= 4 is 0 Å². The molecule has 1 aromatic carbocycles. The van der Waals surface area contributed by atoms with Crippen molar-refractivity contribution in [2.75, 3.05) is 7.11 Å². The molecule has 126 valence electrons. The van der Waals surface area contributed by atoms with E-state index in [1.54, 1.807) is 7.11 Å². The van der Waals surface area contributed by atoms with E-state index in [0.717, 1.165) is 35.7 Å². The van der Waals surface area contributed by atoms with Crippen LogP contribution < -0.4 is 10.1 Å². The van der Waals surface area contributed by atoms with Crippen LogP contribution in [0.2, 0.25) is 0 Å². The molecule has 0 unspecified atom stereocenters. The summed E-state index contributed by atoms with van der Waals surface area (Å²) < 4.78 is 7.26. The molecule has 3 rings (SSSR count). The van der Waals surface area contributed by atoms with Crippen LogP contribution in [0, 0.1) is 6.92 Å². The van der Waals surface area contributed by atoms with Crippen LogP contribution in [0.4, 0.5) is 0 Å². The van der Waals surface area contributed by atoms with Crippen molar-refractivity contribution in [3.63, 3.8) is 0 Å². The van der Waals surface area contributed by atoms with Gasteiger partial charge < -0.3 is 10.1 Å². The molecule has 6 nitrogen and oxygen atoms in total. The molecule has 2 N–H and O–H groups in total. The minimum absolute atomic E-state index is 0.303. The first-order valence-electron chi connectivity index (χ1n) is 8.05. The maximum Gasteiger partial charge on any atom is 0.119 e. The number of hydrogen-bond acceptors (Lipinski definition) is 4. The van der Waals surface area contributed by atoms with E-state index in [1.165, 1.54) is 5.56 Å². The van der Waals surface area contributed by atoms with E-state index in [2.05, 4.69) is 39.8 Å². The number of rotatable bonds is 7. The van der Waals surface area contributed by atoms with Gasteiger partial charge in [-0.3, -0.25) is 9.78 Å². The van der Waals surface area contributed by atoms with Crippen LogP contribution in [0.25, 0.3) is 11.3 Å². The smallest absolute Gasteiger partial charge is 0.119 e. The molecule has 3 aromatic rings. The third-order valence-corrected chi connectivity index (χ3v) is 3.94. The Kier molecular flexibility index (Phi) is 4.96. The van der Waals surface area contributed by atoms with Crippen molar-refractivity contribution in [2.24, 2.45) is 0 Å². The van der Waals surface area contributed by atoms with Crippen molar-refractivity contribution < 1.29 is 4.74 Å². The number of aryl methyl sites for hydroxylation is 1. The van der Waals surface area contributed by atoms with Gasteiger partial charge in [0.1, 0.15) is 5.75 Å². The third-order valence-electron chi connectivity index (χ3n) is 3.94. The number of nitrogens with zero attached hydrogens (tertiary/aromatic N) is 3.